The fourth-order valence-electron chi connectivity index (χ4n) is 4.97. The van der Waals surface area contributed by atoms with Crippen molar-refractivity contribution < 1.29 is 19.1 Å². The molecular formula is C32H38N2O4. The van der Waals surface area contributed by atoms with Gasteiger partial charge in [-0.25, -0.2) is 0 Å². The predicted octanol–water partition coefficient (Wildman–Crippen LogP) is 5.39. The number of nitrogens with zero attached hydrogens (tertiary/aromatic N) is 1. The van der Waals surface area contributed by atoms with Crippen LogP contribution in [0.5, 0.6) is 11.5 Å². The number of aryl methyl sites for hydroxylation is 2. The number of ether oxygens (including phenoxy) is 2. The first-order valence-electron chi connectivity index (χ1n) is 13.4. The zero-order chi connectivity index (χ0) is 26.9. The Morgan fingerprint density at radius 2 is 1.68 bits per heavy atom. The van der Waals surface area contributed by atoms with Crippen molar-refractivity contribution in [2.45, 2.75) is 64.6 Å². The topological polar surface area (TPSA) is 67.9 Å². The van der Waals surface area contributed by atoms with E-state index in [1.807, 2.05) is 86.6 Å². The van der Waals surface area contributed by atoms with Crippen molar-refractivity contribution in [3.63, 3.8) is 0 Å². The highest BCUT2D eigenvalue weighted by Gasteiger charge is 2.32. The van der Waals surface area contributed by atoms with Gasteiger partial charge in [0.25, 0.3) is 5.91 Å². The average Bonchev–Trinajstić information content (AvgIpc) is 3.44. The Hall–Kier alpha value is -3.80. The van der Waals surface area contributed by atoms with Crippen LogP contribution < -0.4 is 14.8 Å². The molecule has 1 fully saturated rings. The summed E-state index contributed by atoms with van der Waals surface area (Å²) in [5.41, 5.74) is 3.90. The molecule has 38 heavy (non-hydrogen) atoms. The SMILES string of the molecule is COc1cccc(CN(C(=O)COc2cc(C)ccc2C)[C@@H](Cc2ccccc2)C(=O)NC2CCCC2)c1. The standard InChI is InChI=1S/C32H38N2O4/c1-23-16-17-24(2)30(18-23)38-22-31(35)34(21-26-12-9-15-28(19-26)37-3)29(20-25-10-5-4-6-11-25)32(36)33-27-13-7-8-14-27/h4-6,9-12,15-19,27,29H,7-8,13-14,20-22H2,1-3H3,(H,33,36)/t29-/m0/s1. The Kier molecular flexibility index (Phi) is 9.41. The van der Waals surface area contributed by atoms with Crippen LogP contribution in [-0.2, 0) is 22.6 Å². The number of nitrogens with one attached hydrogen (secondary N) is 1. The summed E-state index contributed by atoms with van der Waals surface area (Å²) in [6.07, 6.45) is 4.60. The fraction of sp³-hybridized carbons (Fsp3) is 0.375. The summed E-state index contributed by atoms with van der Waals surface area (Å²) in [5.74, 6) is 1.02. The van der Waals surface area contributed by atoms with E-state index in [0.29, 0.717) is 17.9 Å². The van der Waals surface area contributed by atoms with Crippen LogP contribution in [0.3, 0.4) is 0 Å². The quantitative estimate of drug-likeness (QED) is 0.373. The van der Waals surface area contributed by atoms with Crippen LogP contribution in [0, 0.1) is 13.8 Å². The Balaban J connectivity index is 1.63. The first-order chi connectivity index (χ1) is 18.4. The molecule has 1 atom stereocenters. The molecule has 1 N–H and O–H groups in total. The lowest BCUT2D eigenvalue weighted by Gasteiger charge is -2.32. The van der Waals surface area contributed by atoms with Gasteiger partial charge in [0.1, 0.15) is 17.5 Å². The highest BCUT2D eigenvalue weighted by atomic mass is 16.5. The summed E-state index contributed by atoms with van der Waals surface area (Å²) in [6, 6.07) is 22.9. The summed E-state index contributed by atoms with van der Waals surface area (Å²) in [4.78, 5) is 29.3. The van der Waals surface area contributed by atoms with Crippen LogP contribution in [0.15, 0.2) is 72.8 Å². The van der Waals surface area contributed by atoms with Gasteiger partial charge >= 0.3 is 0 Å². The number of hydrogen-bond acceptors (Lipinski definition) is 4. The number of rotatable bonds is 11. The van der Waals surface area contributed by atoms with Gasteiger partial charge in [0.15, 0.2) is 6.61 Å². The van der Waals surface area contributed by atoms with Crippen LogP contribution >= 0.6 is 0 Å². The first-order valence-corrected chi connectivity index (χ1v) is 13.4. The van der Waals surface area contributed by atoms with E-state index in [4.69, 9.17) is 9.47 Å². The molecular weight excluding hydrogens is 476 g/mol. The van der Waals surface area contributed by atoms with E-state index in [1.165, 1.54) is 0 Å². The van der Waals surface area contributed by atoms with E-state index in [9.17, 15) is 9.59 Å². The molecule has 0 spiro atoms. The third-order valence-corrected chi connectivity index (χ3v) is 7.15. The maximum absolute atomic E-state index is 13.8. The van der Waals surface area contributed by atoms with Crippen molar-refractivity contribution in [3.8, 4) is 11.5 Å². The monoisotopic (exact) mass is 514 g/mol. The maximum atomic E-state index is 13.8. The molecule has 0 bridgehead atoms. The van der Waals surface area contributed by atoms with E-state index in [0.717, 1.165) is 47.9 Å². The zero-order valence-corrected chi connectivity index (χ0v) is 22.6. The minimum absolute atomic E-state index is 0.122. The van der Waals surface area contributed by atoms with Crippen LogP contribution in [0.1, 0.15) is 47.9 Å². The average molecular weight is 515 g/mol. The molecule has 1 aliphatic rings. The minimum Gasteiger partial charge on any atom is -0.497 e. The Morgan fingerprint density at radius 1 is 0.947 bits per heavy atom. The molecule has 0 aromatic heterocycles. The molecule has 1 saturated carbocycles. The van der Waals surface area contributed by atoms with Gasteiger partial charge in [0.05, 0.1) is 7.11 Å². The van der Waals surface area contributed by atoms with E-state index < -0.39 is 6.04 Å². The first kappa shape index (κ1) is 27.2. The zero-order valence-electron chi connectivity index (χ0n) is 22.6. The van der Waals surface area contributed by atoms with Crippen LogP contribution in [0.25, 0.3) is 0 Å². The van der Waals surface area contributed by atoms with Crippen molar-refractivity contribution in [3.05, 3.63) is 95.1 Å². The Morgan fingerprint density at radius 3 is 2.42 bits per heavy atom. The maximum Gasteiger partial charge on any atom is 0.261 e. The molecule has 6 heteroatoms. The highest BCUT2D eigenvalue weighted by Crippen LogP contribution is 2.23. The summed E-state index contributed by atoms with van der Waals surface area (Å²) >= 11 is 0. The largest absolute Gasteiger partial charge is 0.497 e. The number of methoxy groups -OCH3 is 1. The molecule has 3 aromatic rings. The van der Waals surface area contributed by atoms with Crippen molar-refractivity contribution in [1.29, 1.82) is 0 Å². The van der Waals surface area contributed by atoms with Gasteiger partial charge in [0, 0.05) is 19.0 Å². The fourth-order valence-corrected chi connectivity index (χ4v) is 4.97. The van der Waals surface area contributed by atoms with Gasteiger partial charge in [-0.1, -0.05) is 67.4 Å². The molecule has 0 saturated heterocycles. The molecule has 3 aromatic carbocycles. The normalized spacial score (nSPS) is 14.1. The molecule has 0 heterocycles. The summed E-state index contributed by atoms with van der Waals surface area (Å²) in [7, 11) is 1.62. The van der Waals surface area contributed by atoms with Gasteiger partial charge in [-0.15, -0.1) is 0 Å². The number of amides is 2. The lowest BCUT2D eigenvalue weighted by molar-refractivity contribution is -0.143. The summed E-state index contributed by atoms with van der Waals surface area (Å²) in [6.45, 7) is 4.06. The van der Waals surface area contributed by atoms with E-state index in [1.54, 1.807) is 12.0 Å². The molecule has 2 amide bonds. The second kappa shape index (κ2) is 13.1. The van der Waals surface area contributed by atoms with Crippen molar-refractivity contribution in [2.24, 2.45) is 0 Å². The van der Waals surface area contributed by atoms with E-state index in [2.05, 4.69) is 5.32 Å². The van der Waals surface area contributed by atoms with Gasteiger partial charge in [-0.2, -0.15) is 0 Å². The van der Waals surface area contributed by atoms with Crippen LogP contribution in [-0.4, -0.2) is 42.5 Å². The molecule has 0 unspecified atom stereocenters. The lowest BCUT2D eigenvalue weighted by Crippen LogP contribution is -2.53. The molecule has 0 radical (unpaired) electrons. The minimum atomic E-state index is -0.682. The molecule has 200 valence electrons. The number of hydrogen-bond donors (Lipinski definition) is 1. The van der Waals surface area contributed by atoms with E-state index in [-0.39, 0.29) is 31.0 Å². The van der Waals surface area contributed by atoms with Crippen LogP contribution in [0.2, 0.25) is 0 Å². The van der Waals surface area contributed by atoms with Crippen LogP contribution in [0.4, 0.5) is 0 Å². The smallest absolute Gasteiger partial charge is 0.261 e. The molecule has 6 nitrogen and oxygen atoms in total. The molecule has 0 aliphatic heterocycles. The summed E-state index contributed by atoms with van der Waals surface area (Å²) in [5, 5.41) is 3.23. The van der Waals surface area contributed by atoms with Gasteiger partial charge < -0.3 is 19.7 Å². The lowest BCUT2D eigenvalue weighted by atomic mass is 10.0. The second-order valence-electron chi connectivity index (χ2n) is 10.1. The Bertz CT molecular complexity index is 1220. The summed E-state index contributed by atoms with van der Waals surface area (Å²) < 4.78 is 11.4. The highest BCUT2D eigenvalue weighted by molar-refractivity contribution is 5.88. The molecule has 1 aliphatic carbocycles. The van der Waals surface area contributed by atoms with Gasteiger partial charge in [0.2, 0.25) is 5.91 Å². The van der Waals surface area contributed by atoms with Gasteiger partial charge in [-0.3, -0.25) is 9.59 Å². The second-order valence-corrected chi connectivity index (χ2v) is 10.1. The van der Waals surface area contributed by atoms with Gasteiger partial charge in [-0.05, 0) is 67.1 Å². The van der Waals surface area contributed by atoms with Crippen molar-refractivity contribution in [1.82, 2.24) is 10.2 Å². The Labute approximate surface area is 226 Å². The van der Waals surface area contributed by atoms with Crippen molar-refractivity contribution >= 4 is 11.8 Å². The third-order valence-electron chi connectivity index (χ3n) is 7.15. The molecule has 4 rings (SSSR count). The van der Waals surface area contributed by atoms with Crippen molar-refractivity contribution in [2.75, 3.05) is 13.7 Å². The third kappa shape index (κ3) is 7.37. The predicted molar refractivity (Wildman–Crippen MR) is 149 cm³/mol. The number of carbonyl (C=O) groups excluding carboxylic acids is 2. The number of benzene rings is 3. The van der Waals surface area contributed by atoms with E-state index >= 15 is 0 Å². The number of carbonyl (C=O) groups is 2.